The van der Waals surface area contributed by atoms with Gasteiger partial charge in [0.25, 0.3) is 0 Å². The highest BCUT2D eigenvalue weighted by Gasteiger charge is 2.38. The van der Waals surface area contributed by atoms with Crippen molar-refractivity contribution in [2.24, 2.45) is 5.92 Å². The number of ether oxygens (including phenoxy) is 4. The lowest BCUT2D eigenvalue weighted by Crippen LogP contribution is -2.44. The van der Waals surface area contributed by atoms with E-state index in [9.17, 15) is 14.3 Å². The third-order valence-electron chi connectivity index (χ3n) is 7.48. The number of halogens is 1. The van der Waals surface area contributed by atoms with Gasteiger partial charge >= 0.3 is 5.97 Å². The third kappa shape index (κ3) is 7.22. The van der Waals surface area contributed by atoms with Crippen LogP contribution in [0.3, 0.4) is 0 Å². The van der Waals surface area contributed by atoms with Crippen molar-refractivity contribution in [1.29, 1.82) is 0 Å². The quantitative estimate of drug-likeness (QED) is 0.281. The molecular weight excluding hydrogens is 517 g/mol. The predicted molar refractivity (Wildman–Crippen MR) is 151 cm³/mol. The Kier molecular flexibility index (Phi) is 10.2. The molecule has 4 rings (SSSR count). The number of hydrogen-bond acceptors (Lipinski definition) is 8. The molecule has 0 amide bonds. The summed E-state index contributed by atoms with van der Waals surface area (Å²) >= 11 is 0. The number of piperidine rings is 1. The van der Waals surface area contributed by atoms with Crippen LogP contribution >= 0.6 is 0 Å². The van der Waals surface area contributed by atoms with Gasteiger partial charge in [0, 0.05) is 64.4 Å². The first-order chi connectivity index (χ1) is 19.3. The molecule has 0 spiro atoms. The Morgan fingerprint density at radius 2 is 2.05 bits per heavy atom. The monoisotopic (exact) mass is 557 g/mol. The fourth-order valence-corrected chi connectivity index (χ4v) is 5.39. The Morgan fingerprint density at radius 1 is 1.23 bits per heavy atom. The zero-order valence-corrected chi connectivity index (χ0v) is 23.6. The molecule has 2 aliphatic rings. The predicted octanol–water partition coefficient (Wildman–Crippen LogP) is 4.55. The maximum atomic E-state index is 14.6. The highest BCUT2D eigenvalue weighted by Crippen LogP contribution is 2.34. The van der Waals surface area contributed by atoms with E-state index in [0.717, 1.165) is 24.1 Å². The first-order valence-corrected chi connectivity index (χ1v) is 13.9. The topological polar surface area (TPSA) is 93.6 Å². The summed E-state index contributed by atoms with van der Waals surface area (Å²) < 4.78 is 37.4. The minimum absolute atomic E-state index is 0.0658. The summed E-state index contributed by atoms with van der Waals surface area (Å²) in [6, 6.07) is 8.18. The number of nitrogens with zero attached hydrogens (tertiary/aromatic N) is 3. The van der Waals surface area contributed by atoms with Gasteiger partial charge in [-0.3, -0.25) is 4.79 Å². The maximum absolute atomic E-state index is 14.6. The van der Waals surface area contributed by atoms with Crippen LogP contribution in [0.4, 0.5) is 15.8 Å². The second kappa shape index (κ2) is 13.8. The second-order valence-electron chi connectivity index (χ2n) is 10.3. The molecule has 1 aromatic heterocycles. The minimum Gasteiger partial charge on any atom is -0.494 e. The van der Waals surface area contributed by atoms with Gasteiger partial charge in [-0.2, -0.15) is 0 Å². The Morgan fingerprint density at radius 3 is 2.73 bits per heavy atom. The van der Waals surface area contributed by atoms with E-state index in [2.05, 4.69) is 18.5 Å². The number of anilines is 2. The SMILES string of the molecule is C=C1[C@@H](OCCCOC)CN(c2ccc(OC3CCN(c4cc(OCC)ccc4F)CC3C)nc2)[C@H]1CC(=O)O. The molecule has 4 atom stereocenters. The number of carbonyl (C=O) groups is 1. The van der Waals surface area contributed by atoms with E-state index in [1.54, 1.807) is 25.4 Å². The number of aliphatic carboxylic acids is 1. The number of aromatic nitrogens is 1. The van der Waals surface area contributed by atoms with E-state index in [0.29, 0.717) is 56.8 Å². The van der Waals surface area contributed by atoms with Crippen molar-refractivity contribution in [3.05, 3.63) is 54.5 Å². The molecule has 2 aliphatic heterocycles. The fraction of sp³-hybridized carbons (Fsp3) is 0.533. The van der Waals surface area contributed by atoms with Crippen molar-refractivity contribution in [3.8, 4) is 11.6 Å². The summed E-state index contributed by atoms with van der Waals surface area (Å²) in [4.78, 5) is 20.1. The lowest BCUT2D eigenvalue weighted by molar-refractivity contribution is -0.137. The van der Waals surface area contributed by atoms with Crippen LogP contribution in [0, 0.1) is 11.7 Å². The van der Waals surface area contributed by atoms with E-state index in [4.69, 9.17) is 18.9 Å². The van der Waals surface area contributed by atoms with Crippen molar-refractivity contribution in [3.63, 3.8) is 0 Å². The molecule has 2 saturated heterocycles. The Balaban J connectivity index is 1.37. The van der Waals surface area contributed by atoms with Crippen LogP contribution in [0.1, 0.15) is 33.1 Å². The van der Waals surface area contributed by atoms with Gasteiger partial charge in [0.2, 0.25) is 5.88 Å². The van der Waals surface area contributed by atoms with Crippen molar-refractivity contribution in [2.75, 3.05) is 56.4 Å². The molecule has 0 bridgehead atoms. The van der Waals surface area contributed by atoms with Crippen LogP contribution in [0.15, 0.2) is 48.7 Å². The number of methoxy groups -OCH3 is 1. The highest BCUT2D eigenvalue weighted by molar-refractivity contribution is 5.70. The molecule has 9 nitrogen and oxygen atoms in total. The van der Waals surface area contributed by atoms with Gasteiger partial charge in [-0.05, 0) is 37.1 Å². The van der Waals surface area contributed by atoms with E-state index in [-0.39, 0.29) is 36.4 Å². The van der Waals surface area contributed by atoms with Crippen molar-refractivity contribution in [1.82, 2.24) is 4.98 Å². The zero-order valence-electron chi connectivity index (χ0n) is 23.6. The van der Waals surface area contributed by atoms with E-state index >= 15 is 0 Å². The van der Waals surface area contributed by atoms with Gasteiger partial charge in [0.05, 0.1) is 42.7 Å². The molecular formula is C30H40FN3O6. The van der Waals surface area contributed by atoms with E-state index in [1.807, 2.05) is 28.9 Å². The normalized spacial score (nSPS) is 22.9. The maximum Gasteiger partial charge on any atom is 0.305 e. The molecule has 10 heteroatoms. The largest absolute Gasteiger partial charge is 0.494 e. The van der Waals surface area contributed by atoms with E-state index in [1.165, 1.54) is 6.07 Å². The molecule has 1 aromatic carbocycles. The summed E-state index contributed by atoms with van der Waals surface area (Å²) in [5, 5.41) is 9.49. The lowest BCUT2D eigenvalue weighted by atomic mass is 9.96. The van der Waals surface area contributed by atoms with Crippen molar-refractivity contribution < 1.29 is 33.2 Å². The summed E-state index contributed by atoms with van der Waals surface area (Å²) in [6.07, 6.45) is 2.78. The molecule has 0 saturated carbocycles. The summed E-state index contributed by atoms with van der Waals surface area (Å²) in [5.74, 6) is 0.141. The van der Waals surface area contributed by atoms with Gasteiger partial charge in [0.15, 0.2) is 0 Å². The Labute approximate surface area is 235 Å². The third-order valence-corrected chi connectivity index (χ3v) is 7.48. The Bertz CT molecular complexity index is 1150. The highest BCUT2D eigenvalue weighted by atomic mass is 19.1. The van der Waals surface area contributed by atoms with Crippen LogP contribution in [-0.2, 0) is 14.3 Å². The van der Waals surface area contributed by atoms with Gasteiger partial charge in [-0.15, -0.1) is 0 Å². The van der Waals surface area contributed by atoms with E-state index < -0.39 is 5.97 Å². The standard InChI is InChI=1S/C30H40FN3O6/c1-5-38-23-8-9-24(31)26(15-23)33-12-11-27(20(2)18-33)40-29-10-7-22(17-32-29)34-19-28(39-14-6-13-37-4)21(3)25(34)16-30(35)36/h7-10,15,17,20,25,27-28H,3,5-6,11-14,16,18-19H2,1-2,4H3,(H,35,36)/t20?,25-,27?,28-/m0/s1. The first kappa shape index (κ1) is 29.6. The van der Waals surface area contributed by atoms with Gasteiger partial charge < -0.3 is 33.9 Å². The molecule has 2 aromatic rings. The number of pyridine rings is 1. The van der Waals surface area contributed by atoms with Crippen LogP contribution in [-0.4, -0.2) is 80.9 Å². The average Bonchev–Trinajstić information content (AvgIpc) is 3.23. The van der Waals surface area contributed by atoms with Gasteiger partial charge in [-0.25, -0.2) is 9.37 Å². The zero-order chi connectivity index (χ0) is 28.6. The van der Waals surface area contributed by atoms with Gasteiger partial charge in [0.1, 0.15) is 17.7 Å². The lowest BCUT2D eigenvalue weighted by Gasteiger charge is -2.38. The van der Waals surface area contributed by atoms with Crippen molar-refractivity contribution >= 4 is 17.3 Å². The smallest absolute Gasteiger partial charge is 0.305 e. The summed E-state index contributed by atoms with van der Waals surface area (Å²) in [7, 11) is 1.65. The second-order valence-corrected chi connectivity index (χ2v) is 10.3. The summed E-state index contributed by atoms with van der Waals surface area (Å²) in [6.45, 7) is 11.6. The number of carboxylic acid groups (broad SMARTS) is 1. The number of rotatable bonds is 13. The van der Waals surface area contributed by atoms with Crippen LogP contribution < -0.4 is 19.3 Å². The average molecular weight is 558 g/mol. The molecule has 2 unspecified atom stereocenters. The molecule has 218 valence electrons. The first-order valence-electron chi connectivity index (χ1n) is 13.9. The number of hydrogen-bond donors (Lipinski definition) is 1. The molecule has 2 fully saturated rings. The number of benzene rings is 1. The molecule has 40 heavy (non-hydrogen) atoms. The fourth-order valence-electron chi connectivity index (χ4n) is 5.39. The van der Waals surface area contributed by atoms with Crippen LogP contribution in [0.2, 0.25) is 0 Å². The molecule has 1 N–H and O–H groups in total. The number of carboxylic acids is 1. The van der Waals surface area contributed by atoms with Gasteiger partial charge in [-0.1, -0.05) is 13.5 Å². The minimum atomic E-state index is -0.895. The van der Waals surface area contributed by atoms with Crippen molar-refractivity contribution in [2.45, 2.75) is 51.4 Å². The van der Waals surface area contributed by atoms with Crippen LogP contribution in [0.5, 0.6) is 11.6 Å². The summed E-state index contributed by atoms with van der Waals surface area (Å²) in [5.41, 5.74) is 2.09. The molecule has 3 heterocycles. The molecule has 0 radical (unpaired) electrons. The molecule has 0 aliphatic carbocycles. The van der Waals surface area contributed by atoms with Crippen LogP contribution in [0.25, 0.3) is 0 Å². The Hall–Kier alpha value is -3.37.